The summed E-state index contributed by atoms with van der Waals surface area (Å²) in [7, 11) is 0. The Kier molecular flexibility index (Phi) is 2.72. The molecule has 0 bridgehead atoms. The maximum absolute atomic E-state index is 10.3. The Morgan fingerprint density at radius 2 is 1.72 bits per heavy atom. The lowest BCUT2D eigenvalue weighted by Crippen LogP contribution is -2.16. The van der Waals surface area contributed by atoms with Gasteiger partial charge in [-0.2, -0.15) is 0 Å². The zero-order chi connectivity index (χ0) is 12.5. The molecule has 0 aliphatic carbocycles. The van der Waals surface area contributed by atoms with Gasteiger partial charge in [-0.3, -0.25) is 0 Å². The number of aryl methyl sites for hydroxylation is 1. The van der Waals surface area contributed by atoms with Gasteiger partial charge in [-0.1, -0.05) is 30.3 Å². The lowest BCUT2D eigenvalue weighted by atomic mass is 10.1. The van der Waals surface area contributed by atoms with Gasteiger partial charge >= 0.3 is 0 Å². The molecule has 1 aromatic carbocycles. The Morgan fingerprint density at radius 3 is 2.44 bits per heavy atom. The zero-order valence-corrected chi connectivity index (χ0v) is 10.1. The summed E-state index contributed by atoms with van der Waals surface area (Å²) in [5.74, 6) is 2.17. The summed E-state index contributed by atoms with van der Waals surface area (Å²) < 4.78 is 16.6. The molecule has 0 saturated heterocycles. The minimum atomic E-state index is -0.838. The van der Waals surface area contributed by atoms with Crippen molar-refractivity contribution in [2.24, 2.45) is 0 Å². The van der Waals surface area contributed by atoms with Crippen LogP contribution in [0.2, 0.25) is 0 Å². The second-order valence-corrected chi connectivity index (χ2v) is 4.19. The van der Waals surface area contributed by atoms with Crippen LogP contribution in [0.3, 0.4) is 0 Å². The van der Waals surface area contributed by atoms with E-state index in [1.54, 1.807) is 6.92 Å². The molecule has 2 heterocycles. The van der Waals surface area contributed by atoms with Crippen molar-refractivity contribution >= 4 is 0 Å². The van der Waals surface area contributed by atoms with E-state index >= 15 is 0 Å². The third-order valence-corrected chi connectivity index (χ3v) is 2.95. The van der Waals surface area contributed by atoms with Crippen LogP contribution in [-0.2, 0) is 0 Å². The standard InChI is InChI=1S/C14H14O4/c1-9-12-14(17-8-7-16-12)13(18-9)11(15)10-5-3-2-4-6-10/h2-6,11,15H,7-8H2,1H3. The summed E-state index contributed by atoms with van der Waals surface area (Å²) in [6.07, 6.45) is -0.838. The molecule has 94 valence electrons. The third-order valence-electron chi connectivity index (χ3n) is 2.95. The third kappa shape index (κ3) is 1.75. The topological polar surface area (TPSA) is 51.8 Å². The summed E-state index contributed by atoms with van der Waals surface area (Å²) in [4.78, 5) is 0. The van der Waals surface area contributed by atoms with E-state index in [2.05, 4.69) is 0 Å². The molecule has 18 heavy (non-hydrogen) atoms. The number of fused-ring (bicyclic) bond motifs is 1. The number of hydrogen-bond donors (Lipinski definition) is 1. The smallest absolute Gasteiger partial charge is 0.206 e. The summed E-state index contributed by atoms with van der Waals surface area (Å²) in [5, 5.41) is 10.3. The van der Waals surface area contributed by atoms with Crippen LogP contribution in [0.15, 0.2) is 34.7 Å². The number of ether oxygens (including phenoxy) is 2. The SMILES string of the molecule is Cc1oc(C(O)c2ccccc2)c2c1OCCO2. The predicted molar refractivity (Wildman–Crippen MR) is 64.9 cm³/mol. The van der Waals surface area contributed by atoms with E-state index in [-0.39, 0.29) is 0 Å². The van der Waals surface area contributed by atoms with Crippen molar-refractivity contribution in [1.82, 2.24) is 0 Å². The molecule has 1 aliphatic rings. The molecule has 1 N–H and O–H groups in total. The number of aliphatic hydroxyl groups is 1. The fourth-order valence-electron chi connectivity index (χ4n) is 2.09. The second kappa shape index (κ2) is 4.38. The number of hydrogen-bond acceptors (Lipinski definition) is 4. The molecular formula is C14H14O4. The fraction of sp³-hybridized carbons (Fsp3) is 0.286. The van der Waals surface area contributed by atoms with Crippen LogP contribution in [0.4, 0.5) is 0 Å². The van der Waals surface area contributed by atoms with Crippen molar-refractivity contribution in [2.45, 2.75) is 13.0 Å². The van der Waals surface area contributed by atoms with Crippen molar-refractivity contribution in [3.8, 4) is 11.5 Å². The molecule has 0 saturated carbocycles. The van der Waals surface area contributed by atoms with Gasteiger partial charge in [0.1, 0.15) is 25.1 Å². The number of aliphatic hydroxyl groups excluding tert-OH is 1. The summed E-state index contributed by atoms with van der Waals surface area (Å²) >= 11 is 0. The van der Waals surface area contributed by atoms with E-state index in [1.165, 1.54) is 0 Å². The van der Waals surface area contributed by atoms with Crippen LogP contribution in [0.25, 0.3) is 0 Å². The first-order valence-corrected chi connectivity index (χ1v) is 5.89. The number of benzene rings is 1. The molecule has 4 heteroatoms. The molecule has 0 radical (unpaired) electrons. The monoisotopic (exact) mass is 246 g/mol. The van der Waals surface area contributed by atoms with Crippen LogP contribution in [0.5, 0.6) is 11.5 Å². The molecule has 0 spiro atoms. The highest BCUT2D eigenvalue weighted by Crippen LogP contribution is 2.43. The van der Waals surface area contributed by atoms with Gasteiger partial charge in [0.05, 0.1) is 0 Å². The van der Waals surface area contributed by atoms with Crippen molar-refractivity contribution in [2.75, 3.05) is 13.2 Å². The molecule has 4 nitrogen and oxygen atoms in total. The van der Waals surface area contributed by atoms with Gasteiger partial charge in [-0.15, -0.1) is 0 Å². The maximum Gasteiger partial charge on any atom is 0.206 e. The number of furan rings is 1. The van der Waals surface area contributed by atoms with Crippen LogP contribution in [0, 0.1) is 6.92 Å². The van der Waals surface area contributed by atoms with Gasteiger partial charge in [-0.25, -0.2) is 0 Å². The lowest BCUT2D eigenvalue weighted by molar-refractivity contribution is 0.155. The quantitative estimate of drug-likeness (QED) is 0.884. The average molecular weight is 246 g/mol. The van der Waals surface area contributed by atoms with Crippen molar-refractivity contribution in [3.05, 3.63) is 47.4 Å². The van der Waals surface area contributed by atoms with E-state index in [0.717, 1.165) is 5.56 Å². The van der Waals surface area contributed by atoms with E-state index in [0.29, 0.717) is 36.2 Å². The van der Waals surface area contributed by atoms with Crippen LogP contribution in [-0.4, -0.2) is 18.3 Å². The van der Waals surface area contributed by atoms with E-state index < -0.39 is 6.10 Å². The molecule has 1 atom stereocenters. The molecular weight excluding hydrogens is 232 g/mol. The first kappa shape index (κ1) is 11.2. The van der Waals surface area contributed by atoms with Crippen LogP contribution >= 0.6 is 0 Å². The number of rotatable bonds is 2. The van der Waals surface area contributed by atoms with E-state index in [4.69, 9.17) is 13.9 Å². The summed E-state index contributed by atoms with van der Waals surface area (Å²) in [5.41, 5.74) is 0.767. The summed E-state index contributed by atoms with van der Waals surface area (Å²) in [6.45, 7) is 2.78. The van der Waals surface area contributed by atoms with Gasteiger partial charge in [0, 0.05) is 0 Å². The van der Waals surface area contributed by atoms with Crippen LogP contribution < -0.4 is 9.47 Å². The van der Waals surface area contributed by atoms with Crippen molar-refractivity contribution in [3.63, 3.8) is 0 Å². The molecule has 2 aromatic rings. The minimum Gasteiger partial charge on any atom is -0.483 e. The minimum absolute atomic E-state index is 0.411. The van der Waals surface area contributed by atoms with Gasteiger partial charge in [0.25, 0.3) is 0 Å². The Bertz CT molecular complexity index is 544. The average Bonchev–Trinajstić information content (AvgIpc) is 2.77. The van der Waals surface area contributed by atoms with Gasteiger partial charge in [-0.05, 0) is 12.5 Å². The first-order chi connectivity index (χ1) is 8.77. The van der Waals surface area contributed by atoms with Gasteiger partial charge in [0.2, 0.25) is 11.5 Å². The lowest BCUT2D eigenvalue weighted by Gasteiger charge is -2.16. The molecule has 0 fully saturated rings. The highest BCUT2D eigenvalue weighted by molar-refractivity contribution is 5.49. The molecule has 3 rings (SSSR count). The van der Waals surface area contributed by atoms with Crippen LogP contribution in [0.1, 0.15) is 23.2 Å². The molecule has 1 unspecified atom stereocenters. The van der Waals surface area contributed by atoms with Gasteiger partial charge < -0.3 is 19.0 Å². The second-order valence-electron chi connectivity index (χ2n) is 4.19. The Balaban J connectivity index is 2.02. The first-order valence-electron chi connectivity index (χ1n) is 5.89. The highest BCUT2D eigenvalue weighted by Gasteiger charge is 2.29. The predicted octanol–water partition coefficient (Wildman–Crippen LogP) is 2.44. The maximum atomic E-state index is 10.3. The molecule has 1 aromatic heterocycles. The zero-order valence-electron chi connectivity index (χ0n) is 10.1. The fourth-order valence-corrected chi connectivity index (χ4v) is 2.09. The Labute approximate surface area is 105 Å². The Hall–Kier alpha value is -1.94. The van der Waals surface area contributed by atoms with E-state index in [9.17, 15) is 5.11 Å². The normalized spacial score (nSPS) is 15.4. The van der Waals surface area contributed by atoms with Gasteiger partial charge in [0.15, 0.2) is 5.76 Å². The highest BCUT2D eigenvalue weighted by atomic mass is 16.6. The van der Waals surface area contributed by atoms with Crippen molar-refractivity contribution < 1.29 is 19.0 Å². The molecule has 1 aliphatic heterocycles. The molecule has 0 amide bonds. The van der Waals surface area contributed by atoms with E-state index in [1.807, 2.05) is 30.3 Å². The Morgan fingerprint density at radius 1 is 1.06 bits per heavy atom. The summed E-state index contributed by atoms with van der Waals surface area (Å²) in [6, 6.07) is 9.34. The largest absolute Gasteiger partial charge is 0.483 e. The van der Waals surface area contributed by atoms with Crippen molar-refractivity contribution in [1.29, 1.82) is 0 Å².